The maximum Gasteiger partial charge on any atom is 0.343 e. The average Bonchev–Trinajstić information content (AvgIpc) is 2.86. The molecule has 2 aromatic heterocycles. The zero-order chi connectivity index (χ0) is 26.8. The molecular formula is C24H28N4O8. The first kappa shape index (κ1) is 27.8. The number of hydrogen-bond acceptors (Lipinski definition) is 10. The van der Waals surface area contributed by atoms with Crippen LogP contribution in [0.15, 0.2) is 39.9 Å². The molecule has 0 aliphatic carbocycles. The van der Waals surface area contributed by atoms with E-state index in [-0.39, 0.29) is 24.3 Å². The number of H-pyrrole nitrogens is 1. The fourth-order valence-electron chi connectivity index (χ4n) is 2.97. The Morgan fingerprint density at radius 2 is 1.44 bits per heavy atom. The summed E-state index contributed by atoms with van der Waals surface area (Å²) < 4.78 is 21.1. The molecule has 1 aromatic carbocycles. The SMILES string of the molecule is CCOC(=O)c1cc(C)n[nH]c1=O.CCOC(=O)c1cc(C)nn(-c2ccc(OC)c(OC)c2)c1=O. The van der Waals surface area contributed by atoms with E-state index in [0.717, 1.165) is 4.68 Å². The fourth-order valence-corrected chi connectivity index (χ4v) is 2.97. The Labute approximate surface area is 206 Å². The molecule has 0 amide bonds. The van der Waals surface area contributed by atoms with Crippen molar-refractivity contribution < 1.29 is 28.5 Å². The van der Waals surface area contributed by atoms with Crippen LogP contribution < -0.4 is 20.6 Å². The Morgan fingerprint density at radius 1 is 0.861 bits per heavy atom. The monoisotopic (exact) mass is 500 g/mol. The lowest BCUT2D eigenvalue weighted by atomic mass is 10.2. The summed E-state index contributed by atoms with van der Waals surface area (Å²) in [5.41, 5.74) is 0.404. The van der Waals surface area contributed by atoms with Crippen molar-refractivity contribution in [2.75, 3.05) is 27.4 Å². The van der Waals surface area contributed by atoms with Gasteiger partial charge >= 0.3 is 11.9 Å². The van der Waals surface area contributed by atoms with Crippen LogP contribution in [0.3, 0.4) is 0 Å². The molecule has 1 N–H and O–H groups in total. The van der Waals surface area contributed by atoms with Gasteiger partial charge in [0.1, 0.15) is 11.1 Å². The predicted molar refractivity (Wildman–Crippen MR) is 129 cm³/mol. The van der Waals surface area contributed by atoms with Crippen LogP contribution in [0.4, 0.5) is 0 Å². The van der Waals surface area contributed by atoms with Gasteiger partial charge in [-0.25, -0.2) is 14.7 Å². The van der Waals surface area contributed by atoms with E-state index in [0.29, 0.717) is 28.6 Å². The molecule has 36 heavy (non-hydrogen) atoms. The molecule has 0 fully saturated rings. The normalized spacial score (nSPS) is 10.1. The molecule has 0 saturated heterocycles. The third kappa shape index (κ3) is 6.78. The van der Waals surface area contributed by atoms with E-state index in [1.54, 1.807) is 45.9 Å². The molecule has 2 heterocycles. The first-order valence-electron chi connectivity index (χ1n) is 10.9. The number of hydrogen-bond donors (Lipinski definition) is 1. The van der Waals surface area contributed by atoms with Gasteiger partial charge in [0.2, 0.25) is 0 Å². The summed E-state index contributed by atoms with van der Waals surface area (Å²) >= 11 is 0. The van der Waals surface area contributed by atoms with Crippen LogP contribution in [0.5, 0.6) is 11.5 Å². The molecule has 0 bridgehead atoms. The number of nitrogens with one attached hydrogen (secondary N) is 1. The number of aryl methyl sites for hydroxylation is 2. The lowest BCUT2D eigenvalue weighted by Crippen LogP contribution is -2.29. The van der Waals surface area contributed by atoms with Crippen LogP contribution in [0.1, 0.15) is 46.0 Å². The van der Waals surface area contributed by atoms with Crippen molar-refractivity contribution in [3.05, 3.63) is 73.6 Å². The van der Waals surface area contributed by atoms with E-state index in [2.05, 4.69) is 20.0 Å². The summed E-state index contributed by atoms with van der Waals surface area (Å²) in [6.45, 7) is 7.17. The van der Waals surface area contributed by atoms with Crippen molar-refractivity contribution in [1.82, 2.24) is 20.0 Å². The number of rotatable bonds is 7. The highest BCUT2D eigenvalue weighted by Gasteiger charge is 2.17. The van der Waals surface area contributed by atoms with E-state index >= 15 is 0 Å². The summed E-state index contributed by atoms with van der Waals surface area (Å²) in [4.78, 5) is 46.7. The molecule has 0 saturated carbocycles. The minimum Gasteiger partial charge on any atom is -0.493 e. The molecule has 0 radical (unpaired) electrons. The minimum absolute atomic E-state index is 0.00523. The first-order valence-corrected chi connectivity index (χ1v) is 10.9. The number of carbonyl (C=O) groups excluding carboxylic acids is 2. The van der Waals surface area contributed by atoms with Crippen molar-refractivity contribution in [1.29, 1.82) is 0 Å². The lowest BCUT2D eigenvalue weighted by Gasteiger charge is -2.12. The van der Waals surface area contributed by atoms with Gasteiger partial charge in [0.25, 0.3) is 11.1 Å². The summed E-state index contributed by atoms with van der Waals surface area (Å²) in [6, 6.07) is 7.74. The molecule has 0 aliphatic rings. The van der Waals surface area contributed by atoms with Crippen molar-refractivity contribution in [2.45, 2.75) is 27.7 Å². The molecule has 3 rings (SSSR count). The Morgan fingerprint density at radius 3 is 2.03 bits per heavy atom. The third-order valence-corrected chi connectivity index (χ3v) is 4.57. The van der Waals surface area contributed by atoms with E-state index in [1.807, 2.05) is 0 Å². The van der Waals surface area contributed by atoms with E-state index < -0.39 is 23.1 Å². The molecule has 3 aromatic rings. The van der Waals surface area contributed by atoms with Crippen LogP contribution in [0, 0.1) is 13.8 Å². The van der Waals surface area contributed by atoms with Crippen molar-refractivity contribution in [2.24, 2.45) is 0 Å². The van der Waals surface area contributed by atoms with Crippen molar-refractivity contribution in [3.63, 3.8) is 0 Å². The van der Waals surface area contributed by atoms with Crippen LogP contribution in [-0.4, -0.2) is 59.3 Å². The van der Waals surface area contributed by atoms with Gasteiger partial charge < -0.3 is 18.9 Å². The molecule has 0 unspecified atom stereocenters. The van der Waals surface area contributed by atoms with Crippen molar-refractivity contribution >= 4 is 11.9 Å². The molecule has 0 atom stereocenters. The largest absolute Gasteiger partial charge is 0.493 e. The number of nitrogens with zero attached hydrogens (tertiary/aromatic N) is 3. The van der Waals surface area contributed by atoms with Crippen molar-refractivity contribution in [3.8, 4) is 17.2 Å². The number of esters is 2. The zero-order valence-corrected chi connectivity index (χ0v) is 20.9. The minimum atomic E-state index is -0.669. The van der Waals surface area contributed by atoms with Gasteiger partial charge in [-0.1, -0.05) is 0 Å². The van der Waals surface area contributed by atoms with E-state index in [9.17, 15) is 19.2 Å². The second-order valence-electron chi connectivity index (χ2n) is 7.15. The molecular weight excluding hydrogens is 472 g/mol. The van der Waals surface area contributed by atoms with Crippen LogP contribution in [0.25, 0.3) is 5.69 Å². The summed E-state index contributed by atoms with van der Waals surface area (Å²) in [5.74, 6) is -0.299. The molecule has 192 valence electrons. The number of aromatic amines is 1. The Bertz CT molecular complexity index is 1350. The van der Waals surface area contributed by atoms with Gasteiger partial charge in [-0.2, -0.15) is 14.9 Å². The van der Waals surface area contributed by atoms with E-state index in [1.165, 1.54) is 26.4 Å². The number of benzene rings is 1. The molecule has 12 nitrogen and oxygen atoms in total. The maximum atomic E-state index is 12.5. The lowest BCUT2D eigenvalue weighted by molar-refractivity contribution is 0.0514. The number of aromatic nitrogens is 4. The van der Waals surface area contributed by atoms with E-state index in [4.69, 9.17) is 14.2 Å². The predicted octanol–water partition coefficient (Wildman–Crippen LogP) is 1.99. The Hall–Kier alpha value is -4.48. The Balaban J connectivity index is 0.000000297. The van der Waals surface area contributed by atoms with Crippen LogP contribution in [0.2, 0.25) is 0 Å². The Kier molecular flexibility index (Phi) is 9.90. The van der Waals surface area contributed by atoms with Gasteiger partial charge in [-0.05, 0) is 52.0 Å². The molecule has 0 aliphatic heterocycles. The second-order valence-corrected chi connectivity index (χ2v) is 7.15. The molecule has 0 spiro atoms. The standard InChI is InChI=1S/C16H18N2O5.C8H10N2O3/c1-5-23-16(20)12-8-10(2)17-18(15(12)19)11-6-7-13(21-3)14(9-11)22-4;1-3-13-8(12)6-4-5(2)9-10-7(6)11/h6-9H,5H2,1-4H3;4H,3H2,1-2H3,(H,10,11). The zero-order valence-electron chi connectivity index (χ0n) is 20.9. The molecule has 12 heteroatoms. The number of methoxy groups -OCH3 is 2. The van der Waals surface area contributed by atoms with Gasteiger partial charge in [-0.3, -0.25) is 9.59 Å². The highest BCUT2D eigenvalue weighted by atomic mass is 16.5. The topological polar surface area (TPSA) is 152 Å². The smallest absolute Gasteiger partial charge is 0.343 e. The van der Waals surface area contributed by atoms with Gasteiger partial charge in [0.15, 0.2) is 11.5 Å². The first-order chi connectivity index (χ1) is 17.2. The highest BCUT2D eigenvalue weighted by Crippen LogP contribution is 2.28. The summed E-state index contributed by atoms with van der Waals surface area (Å²) in [6.07, 6.45) is 0. The summed E-state index contributed by atoms with van der Waals surface area (Å²) in [7, 11) is 3.02. The van der Waals surface area contributed by atoms with Crippen LogP contribution in [-0.2, 0) is 9.47 Å². The number of ether oxygens (including phenoxy) is 4. The second kappa shape index (κ2) is 12.8. The fraction of sp³-hybridized carbons (Fsp3) is 0.333. The van der Waals surface area contributed by atoms with Gasteiger partial charge in [-0.15, -0.1) is 0 Å². The van der Waals surface area contributed by atoms with Gasteiger partial charge in [0.05, 0.1) is 44.5 Å². The van der Waals surface area contributed by atoms with Gasteiger partial charge in [0, 0.05) is 6.07 Å². The highest BCUT2D eigenvalue weighted by molar-refractivity contribution is 5.89. The number of carbonyl (C=O) groups is 2. The summed E-state index contributed by atoms with van der Waals surface area (Å²) in [5, 5.41) is 10.0. The third-order valence-electron chi connectivity index (χ3n) is 4.57. The van der Waals surface area contributed by atoms with Crippen LogP contribution >= 0.6 is 0 Å². The maximum absolute atomic E-state index is 12.5. The average molecular weight is 501 g/mol. The quantitative estimate of drug-likeness (QED) is 0.477.